The topological polar surface area (TPSA) is 66.6 Å². The highest BCUT2D eigenvalue weighted by Crippen LogP contribution is 2.23. The molecule has 0 fully saturated rings. The molecule has 3 heterocycles. The molecule has 0 aliphatic carbocycles. The second kappa shape index (κ2) is 2.91. The second-order valence-corrected chi connectivity index (χ2v) is 3.35. The highest BCUT2D eigenvalue weighted by Gasteiger charge is 2.12. The Labute approximate surface area is 86.0 Å². The highest BCUT2D eigenvalue weighted by molar-refractivity contribution is 5.61. The van der Waals surface area contributed by atoms with Crippen molar-refractivity contribution in [3.05, 3.63) is 36.2 Å². The summed E-state index contributed by atoms with van der Waals surface area (Å²) in [6, 6.07) is 3.94. The van der Waals surface area contributed by atoms with Crippen LogP contribution in [-0.2, 0) is 6.54 Å². The third-order valence-corrected chi connectivity index (χ3v) is 2.40. The summed E-state index contributed by atoms with van der Waals surface area (Å²) in [7, 11) is 0. The smallest absolute Gasteiger partial charge is 0.243 e. The maximum Gasteiger partial charge on any atom is 0.243 e. The zero-order chi connectivity index (χ0) is 10.3. The second-order valence-electron chi connectivity index (χ2n) is 3.35. The summed E-state index contributed by atoms with van der Waals surface area (Å²) >= 11 is 0. The van der Waals surface area contributed by atoms with E-state index in [1.807, 2.05) is 29.0 Å². The summed E-state index contributed by atoms with van der Waals surface area (Å²) < 4.78 is 2.02. The van der Waals surface area contributed by atoms with E-state index in [1.54, 1.807) is 6.20 Å². The number of rotatable bonds is 0. The Hall–Kier alpha value is -2.17. The van der Waals surface area contributed by atoms with Gasteiger partial charge in [-0.25, -0.2) is 4.98 Å². The predicted molar refractivity (Wildman–Crippen MR) is 55.3 cm³/mol. The first kappa shape index (κ1) is 8.16. The standard InChI is InChI=1S/C10H9N5/c11-10-13-6-7-2-3-8-12-4-1-5-15(8)9(7)14-10/h1-4,6,11-12H,5H2. The number of allylic oxidation sites excluding steroid dienone is 1. The van der Waals surface area contributed by atoms with Crippen LogP contribution in [0.15, 0.2) is 30.6 Å². The van der Waals surface area contributed by atoms with Crippen LogP contribution in [0, 0.1) is 5.41 Å². The summed E-state index contributed by atoms with van der Waals surface area (Å²) in [5.74, 6) is 1.78. The lowest BCUT2D eigenvalue weighted by Crippen LogP contribution is -2.19. The molecule has 0 aromatic rings. The Bertz CT molecular complexity index is 569. The fourth-order valence-electron chi connectivity index (χ4n) is 1.70. The van der Waals surface area contributed by atoms with Gasteiger partial charge < -0.3 is 9.88 Å². The van der Waals surface area contributed by atoms with Crippen LogP contribution in [0.2, 0.25) is 0 Å². The third-order valence-electron chi connectivity index (χ3n) is 2.40. The van der Waals surface area contributed by atoms with Gasteiger partial charge in [0.15, 0.2) is 0 Å². The first-order valence-electron chi connectivity index (χ1n) is 4.67. The predicted octanol–water partition coefficient (Wildman–Crippen LogP) is 0.802. The van der Waals surface area contributed by atoms with Crippen molar-refractivity contribution >= 4 is 5.82 Å². The lowest BCUT2D eigenvalue weighted by atomic mass is 10.2. The lowest BCUT2D eigenvalue weighted by Gasteiger charge is -2.20. The third kappa shape index (κ3) is 1.20. The fraction of sp³-hybridized carbons (Fsp3) is 0.100. The van der Waals surface area contributed by atoms with Gasteiger partial charge in [-0.05, 0) is 18.2 Å². The monoisotopic (exact) mass is 199 g/mol. The first-order valence-corrected chi connectivity index (χ1v) is 4.67. The van der Waals surface area contributed by atoms with E-state index < -0.39 is 0 Å². The zero-order valence-corrected chi connectivity index (χ0v) is 7.94. The molecule has 0 atom stereocenters. The van der Waals surface area contributed by atoms with Gasteiger partial charge in [-0.15, -0.1) is 0 Å². The molecule has 74 valence electrons. The van der Waals surface area contributed by atoms with Gasteiger partial charge in [0, 0.05) is 24.5 Å². The average molecular weight is 199 g/mol. The number of aromatic nitrogens is 3. The van der Waals surface area contributed by atoms with Crippen LogP contribution in [0.25, 0.3) is 11.4 Å². The molecule has 5 nitrogen and oxygen atoms in total. The molecular weight excluding hydrogens is 190 g/mol. The summed E-state index contributed by atoms with van der Waals surface area (Å²) in [5.41, 5.74) is 1.00. The Balaban J connectivity index is 2.36. The average Bonchev–Trinajstić information content (AvgIpc) is 2.29. The van der Waals surface area contributed by atoms with Gasteiger partial charge in [-0.3, -0.25) is 5.41 Å². The van der Waals surface area contributed by atoms with Crippen LogP contribution in [0.3, 0.4) is 0 Å². The summed E-state index contributed by atoms with van der Waals surface area (Å²) in [4.78, 5) is 7.99. The van der Waals surface area contributed by atoms with Crippen LogP contribution in [-0.4, -0.2) is 14.5 Å². The van der Waals surface area contributed by atoms with Gasteiger partial charge in [0.25, 0.3) is 0 Å². The van der Waals surface area contributed by atoms with Gasteiger partial charge in [0.1, 0.15) is 11.6 Å². The first-order chi connectivity index (χ1) is 7.34. The quantitative estimate of drug-likeness (QED) is 0.659. The molecule has 0 bridgehead atoms. The van der Waals surface area contributed by atoms with Crippen molar-refractivity contribution in [3.8, 4) is 11.4 Å². The molecule has 0 aromatic carbocycles. The van der Waals surface area contributed by atoms with Crippen LogP contribution in [0.1, 0.15) is 0 Å². The highest BCUT2D eigenvalue weighted by atomic mass is 15.2. The lowest BCUT2D eigenvalue weighted by molar-refractivity contribution is 0.778. The van der Waals surface area contributed by atoms with E-state index in [0.29, 0.717) is 0 Å². The number of anilines is 1. The number of pyridine rings is 1. The molecule has 3 rings (SSSR count). The van der Waals surface area contributed by atoms with E-state index >= 15 is 0 Å². The van der Waals surface area contributed by atoms with Crippen molar-refractivity contribution in [2.75, 3.05) is 5.32 Å². The Kier molecular flexibility index (Phi) is 1.58. The van der Waals surface area contributed by atoms with E-state index in [4.69, 9.17) is 5.41 Å². The number of nitrogens with one attached hydrogen (secondary N) is 2. The molecule has 15 heavy (non-hydrogen) atoms. The Morgan fingerprint density at radius 3 is 3.27 bits per heavy atom. The van der Waals surface area contributed by atoms with Gasteiger partial charge in [-0.1, -0.05) is 0 Å². The van der Waals surface area contributed by atoms with Crippen molar-refractivity contribution in [1.82, 2.24) is 14.5 Å². The minimum absolute atomic E-state index is 0.0537. The van der Waals surface area contributed by atoms with Crippen molar-refractivity contribution in [2.24, 2.45) is 0 Å². The molecular formula is C10H9N5. The molecule has 0 aromatic heterocycles. The number of nitrogens with zero attached hydrogens (tertiary/aromatic N) is 3. The maximum absolute atomic E-state index is 7.42. The molecule has 0 spiro atoms. The summed E-state index contributed by atoms with van der Waals surface area (Å²) in [5, 5.41) is 10.6. The van der Waals surface area contributed by atoms with E-state index in [9.17, 15) is 0 Å². The van der Waals surface area contributed by atoms with Crippen molar-refractivity contribution in [3.63, 3.8) is 0 Å². The summed E-state index contributed by atoms with van der Waals surface area (Å²) in [6.45, 7) is 0.774. The van der Waals surface area contributed by atoms with E-state index in [-0.39, 0.29) is 5.62 Å². The van der Waals surface area contributed by atoms with Crippen molar-refractivity contribution in [1.29, 1.82) is 5.41 Å². The molecule has 0 saturated carbocycles. The van der Waals surface area contributed by atoms with Gasteiger partial charge in [0.2, 0.25) is 5.62 Å². The number of hydrogen-bond acceptors (Lipinski definition) is 4. The van der Waals surface area contributed by atoms with E-state index in [2.05, 4.69) is 15.3 Å². The normalized spacial score (nSPS) is 13.6. The number of fused-ring (bicyclic) bond motifs is 3. The Morgan fingerprint density at radius 1 is 1.40 bits per heavy atom. The molecule has 0 radical (unpaired) electrons. The molecule has 5 heteroatoms. The van der Waals surface area contributed by atoms with E-state index in [1.165, 1.54) is 0 Å². The minimum atomic E-state index is 0.0537. The summed E-state index contributed by atoms with van der Waals surface area (Å²) in [6.07, 6.45) is 5.60. The fourth-order valence-corrected chi connectivity index (χ4v) is 1.70. The molecule has 3 aliphatic rings. The molecule has 2 N–H and O–H groups in total. The van der Waals surface area contributed by atoms with Crippen molar-refractivity contribution < 1.29 is 0 Å². The molecule has 0 amide bonds. The molecule has 0 saturated heterocycles. The van der Waals surface area contributed by atoms with Crippen LogP contribution < -0.4 is 10.9 Å². The zero-order valence-electron chi connectivity index (χ0n) is 7.94. The van der Waals surface area contributed by atoms with E-state index in [0.717, 1.165) is 23.8 Å². The van der Waals surface area contributed by atoms with Crippen LogP contribution in [0.4, 0.5) is 5.82 Å². The largest absolute Gasteiger partial charge is 0.348 e. The van der Waals surface area contributed by atoms with Crippen LogP contribution in [0.5, 0.6) is 0 Å². The maximum atomic E-state index is 7.42. The minimum Gasteiger partial charge on any atom is -0.348 e. The molecule has 3 aliphatic heterocycles. The van der Waals surface area contributed by atoms with Gasteiger partial charge in [-0.2, -0.15) is 4.98 Å². The van der Waals surface area contributed by atoms with Gasteiger partial charge >= 0.3 is 0 Å². The van der Waals surface area contributed by atoms with Crippen LogP contribution >= 0.6 is 0 Å². The SMILES string of the molecule is N=c1ncc2ccc3n(c-2n1)CC=CN3. The van der Waals surface area contributed by atoms with Crippen molar-refractivity contribution in [2.45, 2.75) is 6.54 Å². The van der Waals surface area contributed by atoms with Gasteiger partial charge in [0.05, 0.1) is 0 Å². The number of hydrogen-bond donors (Lipinski definition) is 2. The molecule has 0 unspecified atom stereocenters. The Morgan fingerprint density at radius 2 is 2.33 bits per heavy atom.